The molecule has 0 unspecified atom stereocenters. The Balaban J connectivity index is 1.50. The van der Waals surface area contributed by atoms with E-state index in [4.69, 9.17) is 11.6 Å². The first kappa shape index (κ1) is 22.2. The summed E-state index contributed by atoms with van der Waals surface area (Å²) in [6.45, 7) is 5.03. The van der Waals surface area contributed by atoms with Crippen LogP contribution >= 0.6 is 11.6 Å². The highest BCUT2D eigenvalue weighted by Crippen LogP contribution is 2.30. The summed E-state index contributed by atoms with van der Waals surface area (Å²) in [5.41, 5.74) is 7.01. The highest BCUT2D eigenvalue weighted by atomic mass is 35.5. The van der Waals surface area contributed by atoms with Crippen LogP contribution in [0.5, 0.6) is 0 Å². The van der Waals surface area contributed by atoms with Crippen molar-refractivity contribution in [1.29, 1.82) is 0 Å². The lowest BCUT2D eigenvalue weighted by molar-refractivity contribution is 0.764. The number of imidazole rings is 1. The van der Waals surface area contributed by atoms with Gasteiger partial charge in [0.1, 0.15) is 11.3 Å². The number of fused-ring (bicyclic) bond motifs is 2. The predicted molar refractivity (Wildman–Crippen MR) is 142 cm³/mol. The number of rotatable bonds is 5. The first-order chi connectivity index (χ1) is 17.5. The van der Waals surface area contributed by atoms with Crippen LogP contribution in [0.3, 0.4) is 0 Å². The summed E-state index contributed by atoms with van der Waals surface area (Å²) >= 11 is 6.07. The van der Waals surface area contributed by atoms with E-state index >= 15 is 0 Å². The van der Waals surface area contributed by atoms with Crippen molar-refractivity contribution < 1.29 is 0 Å². The topological polar surface area (TPSA) is 81.4 Å². The van der Waals surface area contributed by atoms with Gasteiger partial charge >= 0.3 is 0 Å². The number of aryl methyl sites for hydroxylation is 2. The van der Waals surface area contributed by atoms with Crippen LogP contribution in [0.15, 0.2) is 78.1 Å². The first-order valence-electron chi connectivity index (χ1n) is 11.7. The number of hydrogen-bond acceptors (Lipinski definition) is 4. The Labute approximate surface area is 212 Å². The highest BCUT2D eigenvalue weighted by molar-refractivity contribution is 6.30. The summed E-state index contributed by atoms with van der Waals surface area (Å²) in [5.74, 6) is 0.883. The lowest BCUT2D eigenvalue weighted by atomic mass is 10.0. The molecule has 0 radical (unpaired) electrons. The fraction of sp³-hybridized carbons (Fsp3) is 0.143. The normalized spacial score (nSPS) is 11.5. The van der Waals surface area contributed by atoms with Crippen LogP contribution in [0.1, 0.15) is 22.6 Å². The molecule has 7 nitrogen and oxygen atoms in total. The van der Waals surface area contributed by atoms with Crippen LogP contribution in [0.4, 0.5) is 0 Å². The zero-order valence-electron chi connectivity index (χ0n) is 19.9. The number of H-pyrrole nitrogens is 1. The fourth-order valence-corrected chi connectivity index (χ4v) is 4.80. The zero-order chi connectivity index (χ0) is 24.8. The van der Waals surface area contributed by atoms with E-state index in [2.05, 4.69) is 30.6 Å². The minimum atomic E-state index is -0.0663. The lowest BCUT2D eigenvalue weighted by Crippen LogP contribution is -2.21. The number of nitrogens with zero attached hydrogens (tertiary/aromatic N) is 5. The van der Waals surface area contributed by atoms with Crippen LogP contribution in [0, 0.1) is 13.8 Å². The molecule has 8 heteroatoms. The van der Waals surface area contributed by atoms with Gasteiger partial charge in [-0.2, -0.15) is 0 Å². The molecular weight excluding hydrogens is 472 g/mol. The zero-order valence-corrected chi connectivity index (χ0v) is 20.6. The van der Waals surface area contributed by atoms with Gasteiger partial charge < -0.3 is 14.1 Å². The molecule has 0 saturated carbocycles. The number of benzene rings is 1. The van der Waals surface area contributed by atoms with Crippen molar-refractivity contribution in [2.75, 3.05) is 0 Å². The number of nitrogens with one attached hydrogen (secondary N) is 1. The van der Waals surface area contributed by atoms with Crippen molar-refractivity contribution in [3.63, 3.8) is 0 Å². The van der Waals surface area contributed by atoms with Gasteiger partial charge in [-0.1, -0.05) is 29.8 Å². The Bertz CT molecular complexity index is 1780. The monoisotopic (exact) mass is 494 g/mol. The summed E-state index contributed by atoms with van der Waals surface area (Å²) in [5, 5.41) is 1.59. The molecule has 1 aromatic carbocycles. The van der Waals surface area contributed by atoms with Crippen molar-refractivity contribution in [3.8, 4) is 11.1 Å². The number of aromatic amines is 1. The largest absolute Gasteiger partial charge is 0.354 e. The number of aromatic nitrogens is 6. The molecule has 178 valence electrons. The summed E-state index contributed by atoms with van der Waals surface area (Å²) < 4.78 is 3.88. The molecule has 36 heavy (non-hydrogen) atoms. The maximum atomic E-state index is 13.3. The van der Waals surface area contributed by atoms with Gasteiger partial charge in [-0.05, 0) is 55.3 Å². The second kappa shape index (κ2) is 8.77. The van der Waals surface area contributed by atoms with E-state index in [0.29, 0.717) is 29.3 Å². The van der Waals surface area contributed by atoms with Gasteiger partial charge in [0, 0.05) is 58.6 Å². The van der Waals surface area contributed by atoms with E-state index in [9.17, 15) is 4.79 Å². The SMILES string of the molecule is Cc1cc2c(-c3cnc4nc(C)n(Cc5ccc(Cl)cc5)c4c3)cn(Cc3cccnc3)c(=O)c2[nH]1. The first-order valence-corrected chi connectivity index (χ1v) is 12.0. The van der Waals surface area contributed by atoms with E-state index in [0.717, 1.165) is 44.7 Å². The van der Waals surface area contributed by atoms with E-state index in [-0.39, 0.29) is 5.56 Å². The number of halogens is 1. The van der Waals surface area contributed by atoms with Gasteiger partial charge in [0.2, 0.25) is 0 Å². The van der Waals surface area contributed by atoms with Crippen LogP contribution in [0.2, 0.25) is 5.02 Å². The molecule has 0 amide bonds. The van der Waals surface area contributed by atoms with Gasteiger partial charge in [0.05, 0.1) is 12.1 Å². The van der Waals surface area contributed by atoms with Gasteiger partial charge in [-0.3, -0.25) is 9.78 Å². The molecule has 6 rings (SSSR count). The number of hydrogen-bond donors (Lipinski definition) is 1. The van der Waals surface area contributed by atoms with Crippen molar-refractivity contribution in [2.45, 2.75) is 26.9 Å². The van der Waals surface area contributed by atoms with E-state index in [1.165, 1.54) is 0 Å². The van der Waals surface area contributed by atoms with Gasteiger partial charge in [-0.15, -0.1) is 0 Å². The molecule has 0 saturated heterocycles. The minimum Gasteiger partial charge on any atom is -0.354 e. The Kier molecular flexibility index (Phi) is 5.42. The van der Waals surface area contributed by atoms with Crippen LogP contribution in [-0.4, -0.2) is 29.1 Å². The Hall–Kier alpha value is -4.23. The smallest absolute Gasteiger partial charge is 0.275 e. The lowest BCUT2D eigenvalue weighted by Gasteiger charge is -2.12. The van der Waals surface area contributed by atoms with Crippen LogP contribution in [-0.2, 0) is 13.1 Å². The molecule has 0 bridgehead atoms. The predicted octanol–water partition coefficient (Wildman–Crippen LogP) is 5.50. The maximum Gasteiger partial charge on any atom is 0.275 e. The molecule has 5 aromatic heterocycles. The summed E-state index contributed by atoms with van der Waals surface area (Å²) in [6.07, 6.45) is 7.26. The van der Waals surface area contributed by atoms with E-state index in [1.807, 2.05) is 68.7 Å². The third kappa shape index (κ3) is 3.97. The third-order valence-corrected chi connectivity index (χ3v) is 6.69. The summed E-state index contributed by atoms with van der Waals surface area (Å²) in [7, 11) is 0. The summed E-state index contributed by atoms with van der Waals surface area (Å²) in [6, 6.07) is 15.8. The Morgan fingerprint density at radius 3 is 2.61 bits per heavy atom. The third-order valence-electron chi connectivity index (χ3n) is 6.44. The average Bonchev–Trinajstić information content (AvgIpc) is 3.42. The molecule has 6 aromatic rings. The van der Waals surface area contributed by atoms with Gasteiger partial charge in [0.25, 0.3) is 5.56 Å². The second-order valence-electron chi connectivity index (χ2n) is 9.02. The van der Waals surface area contributed by atoms with Crippen LogP contribution in [0.25, 0.3) is 33.2 Å². The summed E-state index contributed by atoms with van der Waals surface area (Å²) in [4.78, 5) is 30.1. The average molecular weight is 495 g/mol. The minimum absolute atomic E-state index is 0.0663. The van der Waals surface area contributed by atoms with E-state index < -0.39 is 0 Å². The van der Waals surface area contributed by atoms with E-state index in [1.54, 1.807) is 17.0 Å². The molecule has 0 fully saturated rings. The Morgan fingerprint density at radius 1 is 1.00 bits per heavy atom. The van der Waals surface area contributed by atoms with Gasteiger partial charge in [-0.25, -0.2) is 9.97 Å². The molecular formula is C28H23ClN6O. The van der Waals surface area contributed by atoms with Crippen molar-refractivity contribution in [3.05, 3.63) is 111 Å². The molecule has 0 atom stereocenters. The van der Waals surface area contributed by atoms with Gasteiger partial charge in [0.15, 0.2) is 5.65 Å². The molecule has 1 N–H and O–H groups in total. The molecule has 0 aliphatic carbocycles. The molecule has 0 aliphatic heterocycles. The van der Waals surface area contributed by atoms with Crippen molar-refractivity contribution >= 4 is 33.7 Å². The number of pyridine rings is 3. The molecule has 0 spiro atoms. The van der Waals surface area contributed by atoms with Crippen molar-refractivity contribution in [1.82, 2.24) is 29.1 Å². The molecule has 0 aliphatic rings. The molecule has 5 heterocycles. The quantitative estimate of drug-likeness (QED) is 0.343. The van der Waals surface area contributed by atoms with Crippen molar-refractivity contribution in [2.24, 2.45) is 0 Å². The fourth-order valence-electron chi connectivity index (χ4n) is 4.67. The Morgan fingerprint density at radius 2 is 1.83 bits per heavy atom. The standard InChI is InChI=1S/C28H23ClN6O/c1-17-10-23-24(16-34(28(36)26(23)32-17)14-20-4-3-9-30-12-20)21-11-25-27(31-13-21)33-18(2)35(25)15-19-5-7-22(29)8-6-19/h3-13,16,32H,14-15H2,1-2H3. The highest BCUT2D eigenvalue weighted by Gasteiger charge is 2.16. The van der Waals surface area contributed by atoms with Crippen LogP contribution < -0.4 is 5.56 Å². The second-order valence-corrected chi connectivity index (χ2v) is 9.45. The maximum absolute atomic E-state index is 13.3.